The number of rotatable bonds is 3. The third kappa shape index (κ3) is 2.01. The Morgan fingerprint density at radius 2 is 2.05 bits per heavy atom. The number of nitrogens with zero attached hydrogens (tertiary/aromatic N) is 2. The van der Waals surface area contributed by atoms with Crippen molar-refractivity contribution >= 4 is 5.95 Å². The summed E-state index contributed by atoms with van der Waals surface area (Å²) in [7, 11) is 1.71. The molecule has 2 aromatic rings. The molecule has 4 nitrogen and oxygen atoms in total. The zero-order chi connectivity index (χ0) is 13.5. The van der Waals surface area contributed by atoms with E-state index in [1.54, 1.807) is 7.11 Å². The molecule has 0 atom stereocenters. The number of aryl methyl sites for hydroxylation is 2. The lowest BCUT2D eigenvalue weighted by Gasteiger charge is -2.19. The molecule has 2 aliphatic rings. The first-order valence-corrected chi connectivity index (χ1v) is 7.13. The summed E-state index contributed by atoms with van der Waals surface area (Å²) in [6.07, 6.45) is 6.46. The minimum atomic E-state index is 0.576. The van der Waals surface area contributed by atoms with Crippen LogP contribution in [-0.2, 0) is 12.8 Å². The summed E-state index contributed by atoms with van der Waals surface area (Å²) in [5.74, 6) is 1.67. The maximum Gasteiger partial charge on any atom is 0.223 e. The van der Waals surface area contributed by atoms with E-state index in [2.05, 4.69) is 22.4 Å². The molecule has 1 aromatic carbocycles. The molecule has 0 spiro atoms. The zero-order valence-corrected chi connectivity index (χ0v) is 11.5. The second-order valence-electron chi connectivity index (χ2n) is 5.51. The molecule has 1 saturated carbocycles. The molecular formula is C16H17N3O. The van der Waals surface area contributed by atoms with Gasteiger partial charge in [0.25, 0.3) is 0 Å². The van der Waals surface area contributed by atoms with E-state index in [-0.39, 0.29) is 0 Å². The van der Waals surface area contributed by atoms with E-state index < -0.39 is 0 Å². The van der Waals surface area contributed by atoms with Gasteiger partial charge in [-0.25, -0.2) is 9.97 Å². The Bertz CT molecular complexity index is 665. The zero-order valence-electron chi connectivity index (χ0n) is 11.5. The van der Waals surface area contributed by atoms with Gasteiger partial charge >= 0.3 is 0 Å². The molecule has 1 heterocycles. The molecule has 4 heteroatoms. The van der Waals surface area contributed by atoms with Gasteiger partial charge in [-0.1, -0.05) is 0 Å². The van der Waals surface area contributed by atoms with Gasteiger partial charge in [-0.3, -0.25) is 0 Å². The van der Waals surface area contributed by atoms with Crippen molar-refractivity contribution in [3.63, 3.8) is 0 Å². The van der Waals surface area contributed by atoms with E-state index in [0.29, 0.717) is 6.04 Å². The van der Waals surface area contributed by atoms with Gasteiger partial charge < -0.3 is 10.1 Å². The number of methoxy groups -OCH3 is 1. The van der Waals surface area contributed by atoms with E-state index in [4.69, 9.17) is 9.72 Å². The molecule has 4 rings (SSSR count). The quantitative estimate of drug-likeness (QED) is 0.929. The number of ether oxygens (including phenoxy) is 1. The van der Waals surface area contributed by atoms with Gasteiger partial charge in [0.2, 0.25) is 5.95 Å². The summed E-state index contributed by atoms with van der Waals surface area (Å²) >= 11 is 0. The average Bonchev–Trinajstić information content (AvgIpc) is 3.30. The number of benzene rings is 1. The predicted octanol–water partition coefficient (Wildman–Crippen LogP) is 2.83. The third-order valence-corrected chi connectivity index (χ3v) is 4.01. The van der Waals surface area contributed by atoms with Crippen LogP contribution in [0.1, 0.15) is 24.0 Å². The van der Waals surface area contributed by atoms with E-state index in [9.17, 15) is 0 Å². The Morgan fingerprint density at radius 3 is 2.85 bits per heavy atom. The molecule has 20 heavy (non-hydrogen) atoms. The van der Waals surface area contributed by atoms with E-state index >= 15 is 0 Å². The van der Waals surface area contributed by atoms with Crippen LogP contribution < -0.4 is 10.1 Å². The molecule has 2 aliphatic carbocycles. The summed E-state index contributed by atoms with van der Waals surface area (Å²) in [6, 6.07) is 6.81. The molecular weight excluding hydrogens is 250 g/mol. The van der Waals surface area contributed by atoms with Crippen LogP contribution in [0.5, 0.6) is 5.75 Å². The largest absolute Gasteiger partial charge is 0.497 e. The van der Waals surface area contributed by atoms with Crippen molar-refractivity contribution in [2.45, 2.75) is 31.7 Å². The lowest BCUT2D eigenvalue weighted by molar-refractivity contribution is 0.414. The SMILES string of the molecule is COc1ccc2c(c1)CCc1cnc(NC3CC3)nc1-2. The lowest BCUT2D eigenvalue weighted by Crippen LogP contribution is -2.11. The first-order valence-electron chi connectivity index (χ1n) is 7.13. The highest BCUT2D eigenvalue weighted by Crippen LogP contribution is 2.34. The van der Waals surface area contributed by atoms with E-state index in [1.807, 2.05) is 12.3 Å². The number of aromatic nitrogens is 2. The molecule has 0 amide bonds. The Morgan fingerprint density at radius 1 is 1.20 bits per heavy atom. The van der Waals surface area contributed by atoms with Crippen molar-refractivity contribution < 1.29 is 4.74 Å². The second kappa shape index (κ2) is 4.47. The van der Waals surface area contributed by atoms with Crippen molar-refractivity contribution in [1.82, 2.24) is 9.97 Å². The van der Waals surface area contributed by atoms with E-state index in [0.717, 1.165) is 30.2 Å². The van der Waals surface area contributed by atoms with Gasteiger partial charge in [0.05, 0.1) is 12.8 Å². The normalized spacial score (nSPS) is 16.2. The summed E-state index contributed by atoms with van der Waals surface area (Å²) < 4.78 is 5.31. The topological polar surface area (TPSA) is 47.0 Å². The third-order valence-electron chi connectivity index (χ3n) is 4.01. The lowest BCUT2D eigenvalue weighted by atomic mass is 9.90. The molecule has 0 saturated heterocycles. The smallest absolute Gasteiger partial charge is 0.223 e. The van der Waals surface area contributed by atoms with Crippen molar-refractivity contribution in [3.8, 4) is 17.0 Å². The molecule has 1 aromatic heterocycles. The molecule has 0 bridgehead atoms. The monoisotopic (exact) mass is 267 g/mol. The first kappa shape index (κ1) is 11.7. The van der Waals surface area contributed by atoms with Crippen LogP contribution in [0, 0.1) is 0 Å². The molecule has 0 unspecified atom stereocenters. The molecule has 0 aliphatic heterocycles. The van der Waals surface area contributed by atoms with Crippen molar-refractivity contribution in [2.75, 3.05) is 12.4 Å². The van der Waals surface area contributed by atoms with Gasteiger partial charge in [-0.05, 0) is 55.0 Å². The fourth-order valence-corrected chi connectivity index (χ4v) is 2.71. The standard InChI is InChI=1S/C16H17N3O/c1-20-13-6-7-14-10(8-13)2-3-11-9-17-16(19-15(11)14)18-12-4-5-12/h6-9,12H,2-5H2,1H3,(H,17,18,19). The number of fused-ring (bicyclic) bond motifs is 3. The number of hydrogen-bond acceptors (Lipinski definition) is 4. The Labute approximate surface area is 118 Å². The molecule has 1 fully saturated rings. The number of anilines is 1. The van der Waals surface area contributed by atoms with Crippen LogP contribution in [0.15, 0.2) is 24.4 Å². The van der Waals surface area contributed by atoms with Gasteiger partial charge in [0, 0.05) is 17.8 Å². The highest BCUT2D eigenvalue weighted by molar-refractivity contribution is 5.71. The van der Waals surface area contributed by atoms with Crippen molar-refractivity contribution in [3.05, 3.63) is 35.5 Å². The highest BCUT2D eigenvalue weighted by Gasteiger charge is 2.24. The minimum Gasteiger partial charge on any atom is -0.497 e. The maximum absolute atomic E-state index is 5.31. The Hall–Kier alpha value is -2.10. The summed E-state index contributed by atoms with van der Waals surface area (Å²) in [5, 5.41) is 3.37. The number of nitrogens with one attached hydrogen (secondary N) is 1. The van der Waals surface area contributed by atoms with Gasteiger partial charge in [0.1, 0.15) is 5.75 Å². The molecule has 0 radical (unpaired) electrons. The van der Waals surface area contributed by atoms with Crippen molar-refractivity contribution in [1.29, 1.82) is 0 Å². The predicted molar refractivity (Wildman–Crippen MR) is 78.1 cm³/mol. The fraction of sp³-hybridized carbons (Fsp3) is 0.375. The van der Waals surface area contributed by atoms with Crippen LogP contribution in [0.3, 0.4) is 0 Å². The van der Waals surface area contributed by atoms with Crippen LogP contribution in [0.2, 0.25) is 0 Å². The Balaban J connectivity index is 1.76. The highest BCUT2D eigenvalue weighted by atomic mass is 16.5. The maximum atomic E-state index is 5.31. The van der Waals surface area contributed by atoms with Gasteiger partial charge in [-0.2, -0.15) is 0 Å². The van der Waals surface area contributed by atoms with Gasteiger partial charge in [-0.15, -0.1) is 0 Å². The van der Waals surface area contributed by atoms with Crippen LogP contribution in [0.4, 0.5) is 5.95 Å². The average molecular weight is 267 g/mol. The van der Waals surface area contributed by atoms with Crippen LogP contribution in [0.25, 0.3) is 11.3 Å². The Kier molecular flexibility index (Phi) is 2.62. The van der Waals surface area contributed by atoms with Gasteiger partial charge in [0.15, 0.2) is 0 Å². The number of hydrogen-bond donors (Lipinski definition) is 1. The first-order chi connectivity index (χ1) is 9.83. The summed E-state index contributed by atoms with van der Waals surface area (Å²) in [4.78, 5) is 9.16. The van der Waals surface area contributed by atoms with Crippen LogP contribution in [-0.4, -0.2) is 23.1 Å². The molecule has 1 N–H and O–H groups in total. The minimum absolute atomic E-state index is 0.576. The fourth-order valence-electron chi connectivity index (χ4n) is 2.71. The van der Waals surface area contributed by atoms with E-state index in [1.165, 1.54) is 29.5 Å². The van der Waals surface area contributed by atoms with Crippen molar-refractivity contribution in [2.24, 2.45) is 0 Å². The molecule has 102 valence electrons. The summed E-state index contributed by atoms with van der Waals surface area (Å²) in [6.45, 7) is 0. The summed E-state index contributed by atoms with van der Waals surface area (Å²) in [5.41, 5.74) is 4.84. The van der Waals surface area contributed by atoms with Crippen LogP contribution >= 0.6 is 0 Å². The second-order valence-corrected chi connectivity index (χ2v) is 5.51.